The van der Waals surface area contributed by atoms with Gasteiger partial charge < -0.3 is 16.2 Å². The van der Waals surface area contributed by atoms with Crippen molar-refractivity contribution in [2.45, 2.75) is 55.6 Å². The maximum absolute atomic E-state index is 14.5. The molecule has 2 aliphatic rings. The van der Waals surface area contributed by atoms with Crippen molar-refractivity contribution >= 4 is 29.1 Å². The minimum atomic E-state index is -1.45. The molecule has 5 atom stereocenters. The number of nitrogen functional groups attached to an aromatic ring is 1. The Balaban J connectivity index is 1.48. The number of hydrogen-bond acceptors (Lipinski definition) is 6. The Kier molecular flexibility index (Phi) is 7.16. The number of nitrogens with one attached hydrogen (secondary N) is 1. The van der Waals surface area contributed by atoms with Gasteiger partial charge in [-0.3, -0.25) is 5.32 Å². The molecule has 1 unspecified atom stereocenters. The molecule has 1 aromatic carbocycles. The number of hydrogen-bond donors (Lipinski definition) is 4. The summed E-state index contributed by atoms with van der Waals surface area (Å²) in [5.74, 6) is 0.400. The molecule has 0 aliphatic heterocycles. The highest BCUT2D eigenvalue weighted by Gasteiger charge is 2.42. The summed E-state index contributed by atoms with van der Waals surface area (Å²) in [5, 5.41) is 15.3. The summed E-state index contributed by atoms with van der Waals surface area (Å²) in [5.41, 5.74) is 8.03. The first-order valence-electron chi connectivity index (χ1n) is 11.1. The number of thioether (sulfide) groups is 1. The molecular weight excluding hydrogens is 451 g/mol. The Morgan fingerprint density at radius 1 is 1.30 bits per heavy atom. The summed E-state index contributed by atoms with van der Waals surface area (Å²) in [7, 11) is 0. The van der Waals surface area contributed by atoms with Gasteiger partial charge in [-0.2, -0.15) is 4.98 Å². The van der Waals surface area contributed by atoms with Gasteiger partial charge in [0.25, 0.3) is 5.82 Å². The van der Waals surface area contributed by atoms with Gasteiger partial charge in [0.05, 0.1) is 6.10 Å². The molecule has 1 heterocycles. The van der Waals surface area contributed by atoms with Crippen LogP contribution in [0.25, 0.3) is 0 Å². The number of aliphatic hydroxyl groups is 1. The van der Waals surface area contributed by atoms with Gasteiger partial charge in [-0.25, -0.2) is 18.2 Å². The summed E-state index contributed by atoms with van der Waals surface area (Å²) in [4.78, 5) is 9.06. The van der Waals surface area contributed by atoms with E-state index in [2.05, 4.69) is 28.8 Å². The summed E-state index contributed by atoms with van der Waals surface area (Å²) >= 11 is 1.49. The smallest absolute Gasteiger partial charge is 0.254 e. The lowest BCUT2D eigenvalue weighted by Crippen LogP contribution is -2.87. The Hall–Kier alpha value is -2.30. The minimum Gasteiger partial charge on any atom is -0.389 e. The number of rotatable bonds is 9. The van der Waals surface area contributed by atoms with Gasteiger partial charge >= 0.3 is 0 Å². The van der Waals surface area contributed by atoms with Crippen molar-refractivity contribution in [1.82, 2.24) is 9.97 Å². The Morgan fingerprint density at radius 2 is 2.09 bits per heavy atom. The average Bonchev–Trinajstić information content (AvgIpc) is 3.52. The number of halogens is 3. The zero-order valence-corrected chi connectivity index (χ0v) is 19.2. The molecule has 4 rings (SSSR count). The van der Waals surface area contributed by atoms with E-state index in [1.807, 2.05) is 0 Å². The quantitative estimate of drug-likeness (QED) is 0.250. The van der Waals surface area contributed by atoms with Crippen LogP contribution in [0.2, 0.25) is 0 Å². The normalized spacial score (nSPS) is 26.6. The molecule has 6 N–H and O–H groups in total. The van der Waals surface area contributed by atoms with Crippen LogP contribution < -0.4 is 16.4 Å². The standard InChI is InChI=1S/C23H28F3N5OS/c1-3-6-33-23-30-21(19(27)22(31-23)29-20-11(2)7-17(32)18(20)26)28-10-13-8-14(13)12-4-5-15(24)16(25)9-12/h4-5,9,13-14,17-18,20,32H,2-3,6-8,10,27H2,1H3,(H2,28,29,30,31)/p+1/t13?,14-,17+,18-,20-/m0/s1. The predicted molar refractivity (Wildman–Crippen MR) is 123 cm³/mol. The molecule has 10 heteroatoms. The fourth-order valence-corrected chi connectivity index (χ4v) is 4.90. The molecule has 1 aromatic heterocycles. The molecule has 2 saturated carbocycles. The summed E-state index contributed by atoms with van der Waals surface area (Å²) in [6, 6.07) is 3.36. The van der Waals surface area contributed by atoms with Gasteiger partial charge in [0.15, 0.2) is 34.5 Å². The van der Waals surface area contributed by atoms with E-state index in [9.17, 15) is 18.3 Å². The highest BCUT2D eigenvalue weighted by Crippen LogP contribution is 2.47. The van der Waals surface area contributed by atoms with Gasteiger partial charge in [-0.15, -0.1) is 0 Å². The topological polar surface area (TPSA) is 101 Å². The van der Waals surface area contributed by atoms with Crippen molar-refractivity contribution in [3.63, 3.8) is 0 Å². The van der Waals surface area contributed by atoms with Gasteiger partial charge in [0, 0.05) is 18.7 Å². The first kappa shape index (κ1) is 23.8. The lowest BCUT2D eigenvalue weighted by Gasteiger charge is -2.16. The van der Waals surface area contributed by atoms with E-state index in [1.54, 1.807) is 11.4 Å². The lowest BCUT2D eigenvalue weighted by molar-refractivity contribution is -0.609. The second-order valence-corrected chi connectivity index (χ2v) is 9.79. The Bertz CT molecular complexity index is 1040. The summed E-state index contributed by atoms with van der Waals surface area (Å²) in [6.07, 6.45) is -0.517. The molecule has 2 fully saturated rings. The maximum Gasteiger partial charge on any atom is 0.254 e. The molecular formula is C23H29F3N5OS+. The monoisotopic (exact) mass is 480 g/mol. The van der Waals surface area contributed by atoms with E-state index < -0.39 is 30.0 Å². The van der Waals surface area contributed by atoms with Gasteiger partial charge in [0.1, 0.15) is 6.04 Å². The van der Waals surface area contributed by atoms with Crippen LogP contribution in [0, 0.1) is 17.6 Å². The number of aliphatic hydroxyl groups excluding tert-OH is 1. The van der Waals surface area contributed by atoms with Crippen LogP contribution >= 0.6 is 11.8 Å². The fourth-order valence-electron chi connectivity index (χ4n) is 4.20. The number of nitrogens with zero attached hydrogens (tertiary/aromatic N) is 2. The van der Waals surface area contributed by atoms with Crippen molar-refractivity contribution in [1.29, 1.82) is 0 Å². The third kappa shape index (κ3) is 5.28. The highest BCUT2D eigenvalue weighted by molar-refractivity contribution is 7.99. The van der Waals surface area contributed by atoms with Crippen molar-refractivity contribution in [3.05, 3.63) is 47.5 Å². The van der Waals surface area contributed by atoms with Crippen LogP contribution in [-0.4, -0.2) is 45.7 Å². The zero-order valence-electron chi connectivity index (χ0n) is 18.4. The Morgan fingerprint density at radius 3 is 2.76 bits per heavy atom. The molecule has 178 valence electrons. The van der Waals surface area contributed by atoms with Crippen LogP contribution in [0.4, 0.5) is 30.5 Å². The third-order valence-electron chi connectivity index (χ3n) is 6.21. The molecule has 0 amide bonds. The van der Waals surface area contributed by atoms with Crippen LogP contribution in [0.3, 0.4) is 0 Å². The number of benzene rings is 1. The van der Waals surface area contributed by atoms with Crippen molar-refractivity contribution in [2.75, 3.05) is 23.3 Å². The van der Waals surface area contributed by atoms with Crippen molar-refractivity contribution < 1.29 is 23.6 Å². The van der Waals surface area contributed by atoms with Gasteiger partial charge in [0.2, 0.25) is 0 Å². The number of anilines is 2. The van der Waals surface area contributed by atoms with E-state index in [0.717, 1.165) is 30.2 Å². The SMILES string of the molecule is C=C1C[C@@H](O)[C@H](F)[C@H]1[NH2+]c1nc(SCCC)nc(NCC2C[C@H]2c2ccc(F)c(F)c2)c1N. The Labute approximate surface area is 195 Å². The number of nitrogens with two attached hydrogens (primary N) is 2. The first-order chi connectivity index (χ1) is 15.8. The third-order valence-corrected chi connectivity index (χ3v) is 7.26. The van der Waals surface area contributed by atoms with E-state index >= 15 is 0 Å². The molecule has 2 aromatic rings. The van der Waals surface area contributed by atoms with Gasteiger partial charge in [-0.05, 0) is 47.9 Å². The van der Waals surface area contributed by atoms with Crippen LogP contribution in [0.5, 0.6) is 0 Å². The molecule has 0 spiro atoms. The van der Waals surface area contributed by atoms with Crippen molar-refractivity contribution in [3.8, 4) is 0 Å². The highest BCUT2D eigenvalue weighted by atomic mass is 32.2. The largest absolute Gasteiger partial charge is 0.389 e. The summed E-state index contributed by atoms with van der Waals surface area (Å²) < 4.78 is 41.2. The first-order valence-corrected chi connectivity index (χ1v) is 12.1. The van der Waals surface area contributed by atoms with E-state index in [1.165, 1.54) is 17.8 Å². The van der Waals surface area contributed by atoms with Crippen LogP contribution in [-0.2, 0) is 0 Å². The maximum atomic E-state index is 14.5. The molecule has 33 heavy (non-hydrogen) atoms. The number of aromatic nitrogens is 2. The fraction of sp³-hybridized carbons (Fsp3) is 0.478. The second-order valence-electron chi connectivity index (χ2n) is 8.73. The molecule has 0 bridgehead atoms. The number of alkyl halides is 1. The zero-order chi connectivity index (χ0) is 23.7. The van der Waals surface area contributed by atoms with Crippen LogP contribution in [0.1, 0.15) is 37.7 Å². The van der Waals surface area contributed by atoms with Crippen molar-refractivity contribution in [2.24, 2.45) is 5.92 Å². The molecule has 0 radical (unpaired) electrons. The predicted octanol–water partition coefficient (Wildman–Crippen LogP) is 3.28. The lowest BCUT2D eigenvalue weighted by atomic mass is 10.1. The second kappa shape index (κ2) is 9.90. The molecule has 0 saturated heterocycles. The van der Waals surface area contributed by atoms with E-state index in [0.29, 0.717) is 34.6 Å². The van der Waals surface area contributed by atoms with E-state index in [4.69, 9.17) is 5.73 Å². The molecule has 2 aliphatic carbocycles. The number of quaternary nitrogens is 1. The van der Waals surface area contributed by atoms with Crippen LogP contribution in [0.15, 0.2) is 35.5 Å². The minimum absolute atomic E-state index is 0.145. The average molecular weight is 481 g/mol. The van der Waals surface area contributed by atoms with Gasteiger partial charge in [-0.1, -0.05) is 31.3 Å². The summed E-state index contributed by atoms with van der Waals surface area (Å²) in [6.45, 7) is 6.50. The van der Waals surface area contributed by atoms with E-state index in [-0.39, 0.29) is 18.3 Å². The molecule has 6 nitrogen and oxygen atoms in total.